The molecular weight excluding hydrogens is 517 g/mol. The Bertz CT molecular complexity index is 1130. The van der Waals surface area contributed by atoms with Gasteiger partial charge in [0.1, 0.15) is 0 Å². The van der Waals surface area contributed by atoms with Crippen LogP contribution in [0, 0.1) is 29.1 Å². The lowest BCUT2D eigenvalue weighted by Crippen LogP contribution is -2.53. The van der Waals surface area contributed by atoms with Crippen LogP contribution in [0.2, 0.25) is 0 Å². The molecular formula is C31H39F3N4O2. The van der Waals surface area contributed by atoms with Crippen LogP contribution in [0.3, 0.4) is 0 Å². The molecule has 2 aliphatic heterocycles. The van der Waals surface area contributed by atoms with Gasteiger partial charge in [0.05, 0.1) is 17.0 Å². The van der Waals surface area contributed by atoms with Crippen molar-refractivity contribution >= 4 is 11.8 Å². The van der Waals surface area contributed by atoms with Crippen LogP contribution in [0.15, 0.2) is 54.6 Å². The Hall–Kier alpha value is -3.25. The average molecular weight is 557 g/mol. The number of carboxylic acid groups (broad SMARTS) is 1. The third-order valence-corrected chi connectivity index (χ3v) is 8.91. The molecule has 1 atom stereocenters. The zero-order valence-electron chi connectivity index (χ0n) is 23.0. The van der Waals surface area contributed by atoms with Gasteiger partial charge >= 0.3 is 12.3 Å². The van der Waals surface area contributed by atoms with Crippen molar-refractivity contribution in [3.05, 3.63) is 65.7 Å². The van der Waals surface area contributed by atoms with Crippen molar-refractivity contribution in [1.82, 2.24) is 10.2 Å². The molecule has 2 aromatic carbocycles. The molecule has 3 fully saturated rings. The number of carbonyl (C=O) groups is 1. The van der Waals surface area contributed by atoms with Crippen molar-refractivity contribution in [2.75, 3.05) is 44.7 Å². The van der Waals surface area contributed by atoms with Gasteiger partial charge in [-0.15, -0.1) is 0 Å². The Morgan fingerprint density at radius 2 is 1.50 bits per heavy atom. The van der Waals surface area contributed by atoms with E-state index >= 15 is 0 Å². The van der Waals surface area contributed by atoms with E-state index in [0.717, 1.165) is 64.1 Å². The van der Waals surface area contributed by atoms with Crippen LogP contribution in [0.25, 0.3) is 0 Å². The molecule has 3 aliphatic rings. The van der Waals surface area contributed by atoms with Crippen LogP contribution in [-0.4, -0.2) is 55.9 Å². The van der Waals surface area contributed by atoms with Crippen molar-refractivity contribution in [1.29, 1.82) is 5.26 Å². The van der Waals surface area contributed by atoms with Gasteiger partial charge in [-0.3, -0.25) is 0 Å². The minimum atomic E-state index is -4.29. The van der Waals surface area contributed by atoms with Gasteiger partial charge in [0, 0.05) is 38.3 Å². The Morgan fingerprint density at radius 1 is 0.950 bits per heavy atom. The molecule has 1 saturated carbocycles. The number of rotatable bonds is 6. The zero-order chi connectivity index (χ0) is 28.8. The quantitative estimate of drug-likeness (QED) is 0.431. The molecule has 0 spiro atoms. The summed E-state index contributed by atoms with van der Waals surface area (Å²) in [6.45, 7) is 4.84. The largest absolute Gasteiger partial charge is 0.465 e. The van der Waals surface area contributed by atoms with Crippen LogP contribution >= 0.6 is 0 Å². The Morgan fingerprint density at radius 3 is 2.00 bits per heavy atom. The van der Waals surface area contributed by atoms with Crippen molar-refractivity contribution in [2.24, 2.45) is 17.8 Å². The van der Waals surface area contributed by atoms with Gasteiger partial charge in [-0.2, -0.15) is 18.4 Å². The summed E-state index contributed by atoms with van der Waals surface area (Å²) in [4.78, 5) is 14.0. The number of nitrogens with one attached hydrogen (secondary N) is 1. The minimum Gasteiger partial charge on any atom is -0.465 e. The van der Waals surface area contributed by atoms with Crippen molar-refractivity contribution in [3.63, 3.8) is 0 Å². The van der Waals surface area contributed by atoms with E-state index in [-0.39, 0.29) is 5.41 Å². The summed E-state index contributed by atoms with van der Waals surface area (Å²) in [6, 6.07) is 18.9. The summed E-state index contributed by atoms with van der Waals surface area (Å²) in [7, 11) is 1.35. The Labute approximate surface area is 234 Å². The summed E-state index contributed by atoms with van der Waals surface area (Å²) in [5.41, 5.74) is 1.10. The molecule has 0 aromatic heterocycles. The fourth-order valence-corrected chi connectivity index (χ4v) is 6.84. The van der Waals surface area contributed by atoms with E-state index in [1.165, 1.54) is 37.6 Å². The molecule has 40 heavy (non-hydrogen) atoms. The molecule has 2 saturated heterocycles. The van der Waals surface area contributed by atoms with Crippen molar-refractivity contribution in [2.45, 2.75) is 50.1 Å². The normalized spacial score (nSPS) is 20.5. The number of anilines is 1. The van der Waals surface area contributed by atoms with E-state index in [1.54, 1.807) is 12.1 Å². The summed E-state index contributed by atoms with van der Waals surface area (Å²) in [5.74, 6) is 1.38. The number of nitrogens with zero attached hydrogens (tertiary/aromatic N) is 3. The molecule has 1 aliphatic carbocycles. The van der Waals surface area contributed by atoms with Gasteiger partial charge in [-0.05, 0) is 80.4 Å². The van der Waals surface area contributed by atoms with E-state index in [9.17, 15) is 23.2 Å². The maximum atomic E-state index is 12.8. The number of alkyl halides is 3. The van der Waals surface area contributed by atoms with Gasteiger partial charge in [-0.25, -0.2) is 4.79 Å². The molecule has 1 amide bonds. The summed E-state index contributed by atoms with van der Waals surface area (Å²) < 4.78 is 38.4. The zero-order valence-corrected chi connectivity index (χ0v) is 23.0. The molecule has 216 valence electrons. The molecule has 6 nitrogen and oxygen atoms in total. The number of halogens is 3. The molecule has 0 radical (unpaired) electrons. The van der Waals surface area contributed by atoms with Gasteiger partial charge in [0.25, 0.3) is 0 Å². The number of piperidine rings is 1. The predicted octanol–water partition coefficient (Wildman–Crippen LogP) is 6.39. The monoisotopic (exact) mass is 556 g/mol. The fourth-order valence-electron chi connectivity index (χ4n) is 6.84. The highest BCUT2D eigenvalue weighted by molar-refractivity contribution is 5.63. The number of benzene rings is 2. The van der Waals surface area contributed by atoms with E-state index in [4.69, 9.17) is 5.11 Å². The highest BCUT2D eigenvalue weighted by Gasteiger charge is 2.48. The lowest BCUT2D eigenvalue weighted by atomic mass is 9.60. The number of hydrogen-bond donors (Lipinski definition) is 2. The fraction of sp³-hybridized carbons (Fsp3) is 0.548. The molecule has 1 unspecified atom stereocenters. The second-order valence-electron chi connectivity index (χ2n) is 11.3. The molecule has 0 bridgehead atoms. The van der Waals surface area contributed by atoms with Gasteiger partial charge in [0.15, 0.2) is 0 Å². The Kier molecular flexibility index (Phi) is 9.62. The molecule has 2 heterocycles. The first-order chi connectivity index (χ1) is 19.2. The predicted molar refractivity (Wildman–Crippen MR) is 149 cm³/mol. The number of amides is 1. The third-order valence-electron chi connectivity index (χ3n) is 8.91. The SMILES string of the molecule is CNC(=O)O.N#CC(c1ccccc1)(C1CCCC1)C1CCN(CC2CN(c3ccc(C(F)(F)F)cc3)C2)CC1. The maximum absolute atomic E-state index is 12.8. The first-order valence-electron chi connectivity index (χ1n) is 14.2. The third kappa shape index (κ3) is 6.72. The molecule has 9 heteroatoms. The second-order valence-corrected chi connectivity index (χ2v) is 11.3. The van der Waals surface area contributed by atoms with Crippen LogP contribution in [0.5, 0.6) is 0 Å². The van der Waals surface area contributed by atoms with E-state index in [0.29, 0.717) is 17.8 Å². The topological polar surface area (TPSA) is 79.6 Å². The highest BCUT2D eigenvalue weighted by Crippen LogP contribution is 2.50. The van der Waals surface area contributed by atoms with Crippen molar-refractivity contribution < 1.29 is 23.1 Å². The van der Waals surface area contributed by atoms with Crippen LogP contribution in [0.4, 0.5) is 23.7 Å². The standard InChI is InChI=1S/C29H34F3N3.C2H5NO2/c30-29(31,32)26-10-12-27(13-11-26)35-19-22(20-35)18-34-16-14-25(15-17-34)28(21-33,24-8-4-5-9-24)23-6-2-1-3-7-23;1-3-2(4)5/h1-3,6-7,10-13,22,24-25H,4-5,8-9,14-20H2;3H,1H3,(H,4,5). The van der Waals surface area contributed by atoms with E-state index < -0.39 is 17.8 Å². The summed E-state index contributed by atoms with van der Waals surface area (Å²) in [5, 5.41) is 20.1. The smallest absolute Gasteiger partial charge is 0.416 e. The first-order valence-corrected chi connectivity index (χ1v) is 14.2. The van der Waals surface area contributed by atoms with Gasteiger partial charge < -0.3 is 20.2 Å². The lowest BCUT2D eigenvalue weighted by Gasteiger charge is -2.47. The lowest BCUT2D eigenvalue weighted by molar-refractivity contribution is -0.137. The molecule has 5 rings (SSSR count). The van der Waals surface area contributed by atoms with Crippen LogP contribution < -0.4 is 10.2 Å². The first kappa shape index (κ1) is 29.7. The number of hydrogen-bond acceptors (Lipinski definition) is 4. The van der Waals surface area contributed by atoms with Crippen molar-refractivity contribution in [3.8, 4) is 6.07 Å². The Balaban J connectivity index is 0.000000681. The summed E-state index contributed by atoms with van der Waals surface area (Å²) >= 11 is 0. The van der Waals surface area contributed by atoms with Gasteiger partial charge in [0.2, 0.25) is 0 Å². The molecule has 2 N–H and O–H groups in total. The highest BCUT2D eigenvalue weighted by atomic mass is 19.4. The number of nitriles is 1. The maximum Gasteiger partial charge on any atom is 0.416 e. The molecule has 2 aromatic rings. The second kappa shape index (κ2) is 12.9. The van der Waals surface area contributed by atoms with E-state index in [1.807, 2.05) is 11.4 Å². The van der Waals surface area contributed by atoms with E-state index in [2.05, 4.69) is 40.1 Å². The summed E-state index contributed by atoms with van der Waals surface area (Å²) in [6.07, 6.45) is 1.60. The average Bonchev–Trinajstić information content (AvgIpc) is 3.48. The van der Waals surface area contributed by atoms with Crippen LogP contribution in [-0.2, 0) is 11.6 Å². The minimum absolute atomic E-state index is 0.375. The van der Waals surface area contributed by atoms with Gasteiger partial charge in [-0.1, -0.05) is 43.2 Å². The van der Waals surface area contributed by atoms with Crippen LogP contribution in [0.1, 0.15) is 49.7 Å². The number of likely N-dealkylation sites (tertiary alicyclic amines) is 1.